The van der Waals surface area contributed by atoms with E-state index in [1.165, 1.54) is 11.1 Å². The van der Waals surface area contributed by atoms with Gasteiger partial charge in [0.2, 0.25) is 0 Å². The summed E-state index contributed by atoms with van der Waals surface area (Å²) >= 11 is 0. The molecule has 0 fully saturated rings. The third-order valence-electron chi connectivity index (χ3n) is 3.70. The molecule has 2 rings (SSSR count). The molecule has 0 aliphatic heterocycles. The molecule has 0 heterocycles. The molecule has 2 N–H and O–H groups in total. The average Bonchev–Trinajstić information content (AvgIpc) is 2.99. The van der Waals surface area contributed by atoms with Gasteiger partial charge < -0.3 is 15.4 Å². The predicted molar refractivity (Wildman–Crippen MR) is 104 cm³/mol. The van der Waals surface area contributed by atoms with Crippen molar-refractivity contribution < 1.29 is 4.74 Å². The maximum atomic E-state index is 5.41. The number of hydrogen-bond donors (Lipinski definition) is 2. The zero-order valence-corrected chi connectivity index (χ0v) is 15.9. The Labute approximate surface area is 150 Å². The summed E-state index contributed by atoms with van der Waals surface area (Å²) < 4.78 is 5.41. The predicted octanol–water partition coefficient (Wildman–Crippen LogP) is 3.05. The van der Waals surface area contributed by atoms with Crippen LogP contribution in [0.5, 0.6) is 5.75 Å². The van der Waals surface area contributed by atoms with Gasteiger partial charge in [0.25, 0.3) is 0 Å². The van der Waals surface area contributed by atoms with Crippen molar-refractivity contribution in [2.75, 3.05) is 20.7 Å². The van der Waals surface area contributed by atoms with Crippen molar-refractivity contribution in [3.8, 4) is 5.75 Å². The molecule has 122 valence electrons. The number of halogens is 1. The van der Waals surface area contributed by atoms with Gasteiger partial charge in [-0.2, -0.15) is 0 Å². The lowest BCUT2D eigenvalue weighted by Crippen LogP contribution is -2.43. The number of methoxy groups -OCH3 is 1. The summed E-state index contributed by atoms with van der Waals surface area (Å²) in [5, 5.41) is 6.81. The van der Waals surface area contributed by atoms with Crippen LogP contribution in [-0.4, -0.2) is 32.7 Å². The summed E-state index contributed by atoms with van der Waals surface area (Å²) in [5.41, 5.74) is 2.48. The number of aryl methyl sites for hydroxylation is 1. The highest BCUT2D eigenvalue weighted by Gasteiger charge is 2.11. The van der Waals surface area contributed by atoms with Crippen LogP contribution in [0.1, 0.15) is 24.0 Å². The van der Waals surface area contributed by atoms with Gasteiger partial charge in [0.15, 0.2) is 5.96 Å². The first-order valence-corrected chi connectivity index (χ1v) is 7.48. The molecule has 1 aliphatic rings. The van der Waals surface area contributed by atoms with Crippen LogP contribution in [0, 0.1) is 6.92 Å². The van der Waals surface area contributed by atoms with Crippen LogP contribution in [-0.2, 0) is 6.42 Å². The van der Waals surface area contributed by atoms with Crippen molar-refractivity contribution in [3.05, 3.63) is 41.5 Å². The second-order valence-electron chi connectivity index (χ2n) is 5.35. The van der Waals surface area contributed by atoms with Crippen molar-refractivity contribution >= 4 is 29.9 Å². The molecule has 1 aromatic carbocycles. The third-order valence-corrected chi connectivity index (χ3v) is 3.70. The standard InChI is InChI=1S/C17H25N3O.HI/c1-13-8-9-16(21-3)14(12-13)10-11-19-17(18-2)20-15-6-4-5-7-15;/h4-5,8-9,12,15H,6-7,10-11H2,1-3H3,(H2,18,19,20);1H. The smallest absolute Gasteiger partial charge is 0.191 e. The summed E-state index contributed by atoms with van der Waals surface area (Å²) in [6, 6.07) is 6.76. The molecule has 1 aliphatic carbocycles. The second-order valence-corrected chi connectivity index (χ2v) is 5.35. The Hall–Kier alpha value is -1.24. The van der Waals surface area contributed by atoms with Gasteiger partial charge in [0.1, 0.15) is 5.75 Å². The molecule has 22 heavy (non-hydrogen) atoms. The Morgan fingerprint density at radius 2 is 2.05 bits per heavy atom. The molecule has 0 saturated heterocycles. The molecule has 4 nitrogen and oxygen atoms in total. The lowest BCUT2D eigenvalue weighted by Gasteiger charge is -2.17. The molecular formula is C17H26IN3O. The first-order valence-electron chi connectivity index (χ1n) is 7.48. The molecule has 0 bridgehead atoms. The van der Waals surface area contributed by atoms with E-state index in [2.05, 4.69) is 46.8 Å². The molecule has 1 aromatic rings. The Morgan fingerprint density at radius 1 is 1.32 bits per heavy atom. The quantitative estimate of drug-likeness (QED) is 0.336. The van der Waals surface area contributed by atoms with Gasteiger partial charge in [0, 0.05) is 19.6 Å². The Balaban J connectivity index is 0.00000242. The lowest BCUT2D eigenvalue weighted by atomic mass is 10.1. The fraction of sp³-hybridized carbons (Fsp3) is 0.471. The average molecular weight is 415 g/mol. The summed E-state index contributed by atoms with van der Waals surface area (Å²) in [4.78, 5) is 4.28. The molecular weight excluding hydrogens is 389 g/mol. The fourth-order valence-electron chi connectivity index (χ4n) is 2.54. The van der Waals surface area contributed by atoms with Crippen molar-refractivity contribution in [2.24, 2.45) is 4.99 Å². The largest absolute Gasteiger partial charge is 0.496 e. The number of benzene rings is 1. The number of nitrogens with zero attached hydrogens (tertiary/aromatic N) is 1. The normalized spacial score (nSPS) is 14.6. The van der Waals surface area contributed by atoms with Crippen molar-refractivity contribution in [3.63, 3.8) is 0 Å². The Morgan fingerprint density at radius 3 is 2.68 bits per heavy atom. The zero-order valence-electron chi connectivity index (χ0n) is 13.6. The van der Waals surface area contributed by atoms with Crippen molar-refractivity contribution in [1.82, 2.24) is 10.6 Å². The number of hydrogen-bond acceptors (Lipinski definition) is 2. The maximum absolute atomic E-state index is 5.41. The fourth-order valence-corrected chi connectivity index (χ4v) is 2.54. The van der Waals surface area contributed by atoms with Crippen LogP contribution in [0.2, 0.25) is 0 Å². The van der Waals surface area contributed by atoms with Crippen LogP contribution >= 0.6 is 24.0 Å². The second kappa shape index (κ2) is 9.71. The van der Waals surface area contributed by atoms with E-state index in [4.69, 9.17) is 4.74 Å². The molecule has 0 unspecified atom stereocenters. The Kier molecular flexibility index (Phi) is 8.30. The zero-order chi connectivity index (χ0) is 15.1. The maximum Gasteiger partial charge on any atom is 0.191 e. The highest BCUT2D eigenvalue weighted by atomic mass is 127. The Bertz CT molecular complexity index is 521. The van der Waals surface area contributed by atoms with E-state index in [1.807, 2.05) is 13.1 Å². The highest BCUT2D eigenvalue weighted by Crippen LogP contribution is 2.19. The minimum absolute atomic E-state index is 0. The van der Waals surface area contributed by atoms with Gasteiger partial charge in [0.05, 0.1) is 7.11 Å². The number of aliphatic imine (C=N–C) groups is 1. The van der Waals surface area contributed by atoms with E-state index >= 15 is 0 Å². The number of rotatable bonds is 5. The molecule has 0 amide bonds. The molecule has 5 heteroatoms. The van der Waals surface area contributed by atoms with E-state index in [0.29, 0.717) is 6.04 Å². The van der Waals surface area contributed by atoms with Gasteiger partial charge in [-0.1, -0.05) is 29.8 Å². The van der Waals surface area contributed by atoms with Crippen LogP contribution in [0.25, 0.3) is 0 Å². The van der Waals surface area contributed by atoms with E-state index in [-0.39, 0.29) is 24.0 Å². The van der Waals surface area contributed by atoms with E-state index in [0.717, 1.165) is 37.5 Å². The van der Waals surface area contributed by atoms with Crippen LogP contribution in [0.15, 0.2) is 35.3 Å². The summed E-state index contributed by atoms with van der Waals surface area (Å²) in [7, 11) is 3.53. The minimum Gasteiger partial charge on any atom is -0.496 e. The van der Waals surface area contributed by atoms with E-state index in [9.17, 15) is 0 Å². The first-order chi connectivity index (χ1) is 10.2. The minimum atomic E-state index is 0. The van der Waals surface area contributed by atoms with Gasteiger partial charge >= 0.3 is 0 Å². The van der Waals surface area contributed by atoms with E-state index < -0.39 is 0 Å². The van der Waals surface area contributed by atoms with Crippen molar-refractivity contribution in [1.29, 1.82) is 0 Å². The summed E-state index contributed by atoms with van der Waals surface area (Å²) in [5.74, 6) is 1.82. The first kappa shape index (κ1) is 18.8. The third kappa shape index (κ3) is 5.51. The number of guanidine groups is 1. The SMILES string of the molecule is CN=C(NCCc1cc(C)ccc1OC)NC1CC=CC1.I. The van der Waals surface area contributed by atoms with Crippen LogP contribution in [0.4, 0.5) is 0 Å². The molecule has 0 radical (unpaired) electrons. The van der Waals surface area contributed by atoms with Gasteiger partial charge in [-0.3, -0.25) is 4.99 Å². The topological polar surface area (TPSA) is 45.7 Å². The lowest BCUT2D eigenvalue weighted by molar-refractivity contribution is 0.409. The van der Waals surface area contributed by atoms with Crippen LogP contribution < -0.4 is 15.4 Å². The van der Waals surface area contributed by atoms with Crippen LogP contribution in [0.3, 0.4) is 0 Å². The molecule has 0 atom stereocenters. The summed E-state index contributed by atoms with van der Waals surface area (Å²) in [6.07, 6.45) is 7.48. The van der Waals surface area contributed by atoms with Gasteiger partial charge in [-0.15, -0.1) is 24.0 Å². The molecule has 0 saturated carbocycles. The molecule has 0 aromatic heterocycles. The number of ether oxygens (including phenoxy) is 1. The molecule has 0 spiro atoms. The van der Waals surface area contributed by atoms with Gasteiger partial charge in [-0.25, -0.2) is 0 Å². The number of nitrogens with one attached hydrogen (secondary N) is 2. The monoisotopic (exact) mass is 415 g/mol. The van der Waals surface area contributed by atoms with Crippen molar-refractivity contribution in [2.45, 2.75) is 32.2 Å². The highest BCUT2D eigenvalue weighted by molar-refractivity contribution is 14.0. The summed E-state index contributed by atoms with van der Waals surface area (Å²) in [6.45, 7) is 2.93. The van der Waals surface area contributed by atoms with Gasteiger partial charge in [-0.05, 0) is 37.8 Å². The van der Waals surface area contributed by atoms with E-state index in [1.54, 1.807) is 7.11 Å².